The Balaban J connectivity index is 3.01. The van der Waals surface area contributed by atoms with Gasteiger partial charge in [0.05, 0.1) is 0 Å². The van der Waals surface area contributed by atoms with Gasteiger partial charge in [-0.1, -0.05) is 22.5 Å². The van der Waals surface area contributed by atoms with E-state index in [4.69, 9.17) is 4.74 Å². The lowest BCUT2D eigenvalue weighted by molar-refractivity contribution is -0.131. The topological polar surface area (TPSA) is 26.3 Å². The molecule has 1 aromatic rings. The predicted octanol–water partition coefficient (Wildman–Crippen LogP) is 2.71. The van der Waals surface area contributed by atoms with Gasteiger partial charge in [-0.2, -0.15) is 0 Å². The first-order chi connectivity index (χ1) is 6.11. The van der Waals surface area contributed by atoms with Crippen LogP contribution in [-0.2, 0) is 4.79 Å². The van der Waals surface area contributed by atoms with Crippen LogP contribution in [0.25, 0.3) is 0 Å². The molecule has 0 fully saturated rings. The summed E-state index contributed by atoms with van der Waals surface area (Å²) in [4.78, 5) is 10.7. The van der Waals surface area contributed by atoms with Crippen LogP contribution in [0.4, 0.5) is 0 Å². The van der Waals surface area contributed by atoms with Gasteiger partial charge in [0.25, 0.3) is 0 Å². The van der Waals surface area contributed by atoms with E-state index in [2.05, 4.69) is 28.6 Å². The second-order valence-corrected chi connectivity index (χ2v) is 3.36. The zero-order valence-corrected chi connectivity index (χ0v) is 8.72. The summed E-state index contributed by atoms with van der Waals surface area (Å²) < 4.78 is 5.73. The van der Waals surface area contributed by atoms with Crippen LogP contribution >= 0.6 is 15.9 Å². The third-order valence-corrected chi connectivity index (χ3v) is 1.79. The standard InChI is InChI=1S/C10H8BrO2/c1-3-8-4-9(11)6-10(5-8)13-7(2)12/h4-6H,1H2,2H3. The Bertz CT molecular complexity index is 345. The van der Waals surface area contributed by atoms with Gasteiger partial charge in [-0.25, -0.2) is 0 Å². The molecule has 0 unspecified atom stereocenters. The molecule has 13 heavy (non-hydrogen) atoms. The van der Waals surface area contributed by atoms with Crippen LogP contribution in [0.15, 0.2) is 29.3 Å². The van der Waals surface area contributed by atoms with Gasteiger partial charge in [-0.15, -0.1) is 0 Å². The van der Waals surface area contributed by atoms with Crippen molar-refractivity contribution < 1.29 is 9.53 Å². The summed E-state index contributed by atoms with van der Waals surface area (Å²) in [5.74, 6) is 0.154. The van der Waals surface area contributed by atoms with E-state index >= 15 is 0 Å². The molecule has 1 rings (SSSR count). The number of benzene rings is 1. The zero-order valence-electron chi connectivity index (χ0n) is 7.13. The third kappa shape index (κ3) is 3.03. The molecule has 0 heterocycles. The van der Waals surface area contributed by atoms with E-state index in [0.29, 0.717) is 5.75 Å². The minimum absolute atomic E-state index is 0.340. The van der Waals surface area contributed by atoms with E-state index in [9.17, 15) is 4.79 Å². The van der Waals surface area contributed by atoms with E-state index in [0.717, 1.165) is 10.0 Å². The van der Waals surface area contributed by atoms with Gasteiger partial charge in [0.15, 0.2) is 0 Å². The fraction of sp³-hybridized carbons (Fsp3) is 0.100. The van der Waals surface area contributed by atoms with Gasteiger partial charge >= 0.3 is 5.97 Å². The summed E-state index contributed by atoms with van der Waals surface area (Å²) in [5, 5.41) is 0. The maximum Gasteiger partial charge on any atom is 0.308 e. The summed E-state index contributed by atoms with van der Waals surface area (Å²) in [7, 11) is 0. The van der Waals surface area contributed by atoms with Crippen molar-refractivity contribution in [2.75, 3.05) is 0 Å². The van der Waals surface area contributed by atoms with Gasteiger partial charge < -0.3 is 4.74 Å². The van der Waals surface area contributed by atoms with E-state index in [1.165, 1.54) is 6.92 Å². The molecule has 0 N–H and O–H groups in total. The molecule has 2 nitrogen and oxygen atoms in total. The summed E-state index contributed by atoms with van der Waals surface area (Å²) in [6, 6.07) is 5.24. The zero-order chi connectivity index (χ0) is 9.84. The van der Waals surface area contributed by atoms with Crippen LogP contribution in [0, 0.1) is 6.08 Å². The predicted molar refractivity (Wildman–Crippen MR) is 53.4 cm³/mol. The molecular formula is C10H8BrO2. The fourth-order valence-electron chi connectivity index (χ4n) is 0.890. The van der Waals surface area contributed by atoms with Gasteiger partial charge in [-0.3, -0.25) is 4.79 Å². The maximum atomic E-state index is 10.7. The highest BCUT2D eigenvalue weighted by Gasteiger charge is 2.00. The number of ether oxygens (including phenoxy) is 1. The van der Waals surface area contributed by atoms with Gasteiger partial charge in [0.2, 0.25) is 0 Å². The number of carbonyl (C=O) groups is 1. The van der Waals surface area contributed by atoms with E-state index < -0.39 is 0 Å². The number of hydrogen-bond donors (Lipinski definition) is 0. The monoisotopic (exact) mass is 239 g/mol. The van der Waals surface area contributed by atoms with Crippen molar-refractivity contribution in [3.8, 4) is 5.75 Å². The van der Waals surface area contributed by atoms with Crippen molar-refractivity contribution in [3.05, 3.63) is 40.9 Å². The normalized spacial score (nSPS) is 9.38. The molecule has 0 atom stereocenters. The lowest BCUT2D eigenvalue weighted by Gasteiger charge is -2.02. The van der Waals surface area contributed by atoms with E-state index in [-0.39, 0.29) is 5.97 Å². The lowest BCUT2D eigenvalue weighted by atomic mass is 10.2. The SMILES string of the molecule is C=[C]c1cc(Br)cc(OC(C)=O)c1. The molecular weight excluding hydrogens is 232 g/mol. The van der Waals surface area contributed by atoms with Crippen LogP contribution < -0.4 is 4.74 Å². The Labute approximate surface area is 85.3 Å². The first-order valence-corrected chi connectivity index (χ1v) is 4.43. The highest BCUT2D eigenvalue weighted by atomic mass is 79.9. The molecule has 0 spiro atoms. The molecule has 0 amide bonds. The Hall–Kier alpha value is -1.09. The summed E-state index contributed by atoms with van der Waals surface area (Å²) in [6.07, 6.45) is 2.71. The number of hydrogen-bond acceptors (Lipinski definition) is 2. The molecule has 0 aliphatic rings. The Kier molecular flexibility index (Phi) is 3.25. The Morgan fingerprint density at radius 3 is 2.77 bits per heavy atom. The van der Waals surface area contributed by atoms with E-state index in [1.54, 1.807) is 12.1 Å². The summed E-state index contributed by atoms with van der Waals surface area (Å²) in [6.45, 7) is 4.87. The Morgan fingerprint density at radius 1 is 1.54 bits per heavy atom. The molecule has 1 radical (unpaired) electrons. The largest absolute Gasteiger partial charge is 0.427 e. The average Bonchev–Trinajstić information content (AvgIpc) is 2.01. The van der Waals surface area contributed by atoms with Crippen LogP contribution in [0.3, 0.4) is 0 Å². The van der Waals surface area contributed by atoms with Crippen molar-refractivity contribution in [2.24, 2.45) is 0 Å². The quantitative estimate of drug-likeness (QED) is 0.586. The first-order valence-electron chi connectivity index (χ1n) is 3.64. The van der Waals surface area contributed by atoms with Crippen molar-refractivity contribution >= 4 is 21.9 Å². The van der Waals surface area contributed by atoms with Gasteiger partial charge in [-0.05, 0) is 29.8 Å². The molecule has 0 saturated carbocycles. The van der Waals surface area contributed by atoms with Gasteiger partial charge in [0.1, 0.15) is 5.75 Å². The number of rotatable bonds is 2. The molecule has 0 aromatic heterocycles. The first kappa shape index (κ1) is 9.99. The molecule has 3 heteroatoms. The van der Waals surface area contributed by atoms with Crippen molar-refractivity contribution in [1.82, 2.24) is 0 Å². The molecule has 0 aliphatic heterocycles. The summed E-state index contributed by atoms with van der Waals surface area (Å²) in [5.41, 5.74) is 0.783. The molecule has 67 valence electrons. The minimum atomic E-state index is -0.340. The Morgan fingerprint density at radius 2 is 2.23 bits per heavy atom. The highest BCUT2D eigenvalue weighted by molar-refractivity contribution is 9.10. The molecule has 1 aromatic carbocycles. The second kappa shape index (κ2) is 4.23. The number of esters is 1. The van der Waals surface area contributed by atoms with Crippen LogP contribution in [0.1, 0.15) is 12.5 Å². The minimum Gasteiger partial charge on any atom is -0.427 e. The number of carbonyl (C=O) groups excluding carboxylic acids is 1. The van der Waals surface area contributed by atoms with Crippen LogP contribution in [0.2, 0.25) is 0 Å². The van der Waals surface area contributed by atoms with Crippen molar-refractivity contribution in [3.63, 3.8) is 0 Å². The van der Waals surface area contributed by atoms with Gasteiger partial charge in [0, 0.05) is 11.4 Å². The van der Waals surface area contributed by atoms with Crippen LogP contribution in [0.5, 0.6) is 5.75 Å². The summed E-state index contributed by atoms with van der Waals surface area (Å²) >= 11 is 3.28. The average molecular weight is 240 g/mol. The molecule has 0 saturated heterocycles. The smallest absolute Gasteiger partial charge is 0.308 e. The second-order valence-electron chi connectivity index (χ2n) is 2.45. The third-order valence-electron chi connectivity index (χ3n) is 1.34. The number of halogens is 1. The molecule has 0 bridgehead atoms. The molecule has 0 aliphatic carbocycles. The van der Waals surface area contributed by atoms with Crippen molar-refractivity contribution in [1.29, 1.82) is 0 Å². The maximum absolute atomic E-state index is 10.7. The lowest BCUT2D eigenvalue weighted by Crippen LogP contribution is -2.01. The van der Waals surface area contributed by atoms with Crippen LogP contribution in [-0.4, -0.2) is 5.97 Å². The van der Waals surface area contributed by atoms with Crippen molar-refractivity contribution in [2.45, 2.75) is 6.92 Å². The fourth-order valence-corrected chi connectivity index (χ4v) is 1.36. The highest BCUT2D eigenvalue weighted by Crippen LogP contribution is 2.21. The van der Waals surface area contributed by atoms with E-state index in [1.807, 2.05) is 6.07 Å².